The van der Waals surface area contributed by atoms with Crippen molar-refractivity contribution in [3.8, 4) is 11.3 Å². The lowest BCUT2D eigenvalue weighted by atomic mass is 10.1. The van der Waals surface area contributed by atoms with E-state index in [4.69, 9.17) is 6.57 Å². The summed E-state index contributed by atoms with van der Waals surface area (Å²) in [6.45, 7) is 6.94. The molecule has 2 aromatic rings. The molecule has 6 heteroatoms. The molecule has 3 nitrogen and oxygen atoms in total. The summed E-state index contributed by atoms with van der Waals surface area (Å²) < 4.78 is 38.6. The molecule has 0 saturated heterocycles. The summed E-state index contributed by atoms with van der Waals surface area (Å²) >= 11 is 0. The van der Waals surface area contributed by atoms with Gasteiger partial charge in [-0.1, -0.05) is 0 Å². The molecule has 0 saturated carbocycles. The van der Waals surface area contributed by atoms with Gasteiger partial charge in [-0.05, 0) is 35.9 Å². The summed E-state index contributed by atoms with van der Waals surface area (Å²) in [5.41, 5.74) is 0.596. The maximum absolute atomic E-state index is 12.9. The number of rotatable bonds is 2. The van der Waals surface area contributed by atoms with Crippen molar-refractivity contribution < 1.29 is 13.2 Å². The van der Waals surface area contributed by atoms with Crippen LogP contribution in [0.25, 0.3) is 16.1 Å². The number of halogens is 3. The second-order valence-electron chi connectivity index (χ2n) is 4.67. The van der Waals surface area contributed by atoms with Crippen LogP contribution in [0.1, 0.15) is 5.56 Å². The first-order valence-corrected chi connectivity index (χ1v) is 6.05. The fraction of sp³-hybridized carbons (Fsp3) is 0.200. The highest BCUT2D eigenvalue weighted by molar-refractivity contribution is 5.70. The monoisotopic (exact) mass is 291 g/mol. The van der Waals surface area contributed by atoms with Crippen molar-refractivity contribution in [3.63, 3.8) is 0 Å². The standard InChI is InChI=1S/C15H12F3N3/c1-19-12-7-10(6-11(8-12)15(16,17)18)14-9-13(21(2)3)4-5-20-14/h4-9H,2-3H3. The Morgan fingerprint density at radius 2 is 1.86 bits per heavy atom. The normalized spacial score (nSPS) is 11.0. The van der Waals surface area contributed by atoms with Crippen molar-refractivity contribution in [3.05, 3.63) is 53.5 Å². The number of pyridine rings is 1. The van der Waals surface area contributed by atoms with Crippen LogP contribution in [0, 0.1) is 6.57 Å². The molecule has 0 unspecified atom stereocenters. The maximum atomic E-state index is 12.9. The molecule has 0 bridgehead atoms. The molecule has 21 heavy (non-hydrogen) atoms. The lowest BCUT2D eigenvalue weighted by Crippen LogP contribution is -2.08. The fourth-order valence-electron chi connectivity index (χ4n) is 1.84. The van der Waals surface area contributed by atoms with Crippen LogP contribution in [0.15, 0.2) is 36.5 Å². The van der Waals surface area contributed by atoms with Crippen LogP contribution in [0.4, 0.5) is 24.5 Å². The molecule has 0 aliphatic heterocycles. The van der Waals surface area contributed by atoms with Gasteiger partial charge in [-0.15, -0.1) is 0 Å². The second-order valence-corrected chi connectivity index (χ2v) is 4.67. The van der Waals surface area contributed by atoms with Crippen molar-refractivity contribution in [1.82, 2.24) is 4.98 Å². The molecular formula is C15H12F3N3. The first-order chi connectivity index (χ1) is 9.81. The summed E-state index contributed by atoms with van der Waals surface area (Å²) in [6, 6.07) is 6.70. The van der Waals surface area contributed by atoms with Crippen LogP contribution in [0.5, 0.6) is 0 Å². The predicted molar refractivity (Wildman–Crippen MR) is 75.3 cm³/mol. The van der Waals surface area contributed by atoms with Crippen LogP contribution in [0.2, 0.25) is 0 Å². The largest absolute Gasteiger partial charge is 0.415 e. The third kappa shape index (κ3) is 3.31. The lowest BCUT2D eigenvalue weighted by molar-refractivity contribution is -0.137. The molecule has 1 heterocycles. The highest BCUT2D eigenvalue weighted by Crippen LogP contribution is 2.35. The summed E-state index contributed by atoms with van der Waals surface area (Å²) in [5, 5.41) is 0. The maximum Gasteiger partial charge on any atom is 0.415 e. The Balaban J connectivity index is 2.59. The van der Waals surface area contributed by atoms with E-state index in [9.17, 15) is 13.2 Å². The highest BCUT2D eigenvalue weighted by atomic mass is 19.4. The number of alkyl halides is 3. The summed E-state index contributed by atoms with van der Waals surface area (Å²) in [6.07, 6.45) is -2.96. The van der Waals surface area contributed by atoms with E-state index in [1.54, 1.807) is 12.1 Å². The molecule has 0 radical (unpaired) electrons. The van der Waals surface area contributed by atoms with E-state index in [0.717, 1.165) is 17.8 Å². The van der Waals surface area contributed by atoms with Crippen molar-refractivity contribution in [2.75, 3.05) is 19.0 Å². The van der Waals surface area contributed by atoms with Crippen LogP contribution in [-0.2, 0) is 6.18 Å². The molecule has 0 atom stereocenters. The second kappa shape index (κ2) is 5.44. The highest BCUT2D eigenvalue weighted by Gasteiger charge is 2.31. The minimum Gasteiger partial charge on any atom is -0.378 e. The topological polar surface area (TPSA) is 20.5 Å². The molecule has 0 N–H and O–H groups in total. The fourth-order valence-corrected chi connectivity index (χ4v) is 1.84. The van der Waals surface area contributed by atoms with E-state index in [1.807, 2.05) is 19.0 Å². The number of hydrogen-bond donors (Lipinski definition) is 0. The number of aromatic nitrogens is 1. The van der Waals surface area contributed by atoms with E-state index in [2.05, 4.69) is 9.83 Å². The number of nitrogens with zero attached hydrogens (tertiary/aromatic N) is 3. The first kappa shape index (κ1) is 14.9. The molecule has 2 rings (SSSR count). The average Bonchev–Trinajstić information content (AvgIpc) is 2.46. The molecule has 0 aliphatic rings. The zero-order valence-electron chi connectivity index (χ0n) is 11.4. The molecule has 0 spiro atoms. The van der Waals surface area contributed by atoms with Crippen LogP contribution in [-0.4, -0.2) is 19.1 Å². The first-order valence-electron chi connectivity index (χ1n) is 6.05. The van der Waals surface area contributed by atoms with Crippen LogP contribution < -0.4 is 4.90 Å². The zero-order chi connectivity index (χ0) is 15.6. The van der Waals surface area contributed by atoms with Gasteiger partial charge in [-0.3, -0.25) is 4.98 Å². The zero-order valence-corrected chi connectivity index (χ0v) is 11.4. The number of anilines is 1. The van der Waals surface area contributed by atoms with Crippen molar-refractivity contribution in [2.45, 2.75) is 6.18 Å². The summed E-state index contributed by atoms with van der Waals surface area (Å²) in [5.74, 6) is 0. The van der Waals surface area contributed by atoms with E-state index in [1.165, 1.54) is 12.3 Å². The third-order valence-corrected chi connectivity index (χ3v) is 2.93. The van der Waals surface area contributed by atoms with Crippen molar-refractivity contribution >= 4 is 11.4 Å². The summed E-state index contributed by atoms with van der Waals surface area (Å²) in [4.78, 5) is 9.02. The Hall–Kier alpha value is -2.55. The van der Waals surface area contributed by atoms with Gasteiger partial charge >= 0.3 is 6.18 Å². The SMILES string of the molecule is [C-]#[N+]c1cc(-c2cc(N(C)C)ccn2)cc(C(F)(F)F)c1. The summed E-state index contributed by atoms with van der Waals surface area (Å²) in [7, 11) is 3.66. The third-order valence-electron chi connectivity index (χ3n) is 2.93. The van der Waals surface area contributed by atoms with Gasteiger partial charge < -0.3 is 4.90 Å². The van der Waals surface area contributed by atoms with E-state index in [-0.39, 0.29) is 11.3 Å². The van der Waals surface area contributed by atoms with Gasteiger partial charge in [0.15, 0.2) is 5.69 Å². The predicted octanol–water partition coefficient (Wildman–Crippen LogP) is 4.38. The molecular weight excluding hydrogens is 279 g/mol. The quantitative estimate of drug-likeness (QED) is 0.765. The van der Waals surface area contributed by atoms with Gasteiger partial charge in [-0.2, -0.15) is 13.2 Å². The Labute approximate surface area is 120 Å². The Bertz CT molecular complexity index is 700. The Morgan fingerprint density at radius 1 is 1.14 bits per heavy atom. The minimum atomic E-state index is -4.49. The van der Waals surface area contributed by atoms with Gasteiger partial charge in [0, 0.05) is 31.5 Å². The van der Waals surface area contributed by atoms with Crippen molar-refractivity contribution in [1.29, 1.82) is 0 Å². The van der Waals surface area contributed by atoms with Gasteiger partial charge in [-0.25, -0.2) is 4.85 Å². The lowest BCUT2D eigenvalue weighted by Gasteiger charge is -2.14. The average molecular weight is 291 g/mol. The number of hydrogen-bond acceptors (Lipinski definition) is 2. The van der Waals surface area contributed by atoms with Gasteiger partial charge in [0.05, 0.1) is 12.3 Å². The van der Waals surface area contributed by atoms with Gasteiger partial charge in [0.25, 0.3) is 0 Å². The van der Waals surface area contributed by atoms with Crippen molar-refractivity contribution in [2.24, 2.45) is 0 Å². The Morgan fingerprint density at radius 3 is 2.43 bits per heavy atom. The molecule has 108 valence electrons. The molecule has 1 aromatic carbocycles. The van der Waals surface area contributed by atoms with Crippen LogP contribution >= 0.6 is 0 Å². The van der Waals surface area contributed by atoms with E-state index >= 15 is 0 Å². The molecule has 0 amide bonds. The Kier molecular flexibility index (Phi) is 3.85. The van der Waals surface area contributed by atoms with E-state index in [0.29, 0.717) is 5.69 Å². The van der Waals surface area contributed by atoms with Crippen LogP contribution in [0.3, 0.4) is 0 Å². The van der Waals surface area contributed by atoms with E-state index < -0.39 is 11.7 Å². The smallest absolute Gasteiger partial charge is 0.378 e. The molecule has 1 aromatic heterocycles. The minimum absolute atomic E-state index is 0.0584. The van der Waals surface area contributed by atoms with Gasteiger partial charge in [0.1, 0.15) is 0 Å². The molecule has 0 fully saturated rings. The van der Waals surface area contributed by atoms with Gasteiger partial charge in [0.2, 0.25) is 0 Å². The number of benzene rings is 1. The molecule has 0 aliphatic carbocycles.